The Morgan fingerprint density at radius 3 is 2.69 bits per heavy atom. The Hall–Kier alpha value is -2.93. The molecule has 194 valence electrons. The normalized spacial score (nSPS) is 20.5. The number of hydrogen-bond acceptors (Lipinski definition) is 4. The number of carbonyl (C=O) groups is 2. The molecular weight excluding hydrogens is 459 g/mol. The second kappa shape index (κ2) is 11.0. The van der Waals surface area contributed by atoms with Crippen molar-refractivity contribution in [1.82, 2.24) is 10.2 Å². The standard InChI is InChI=1S/C29H37FN2O4/c1-5-25(27(33)31-18-23-10-7-15-35-23)36-22-12-11-19-13-14-32(28(34)29(2,3)4)26(24(19)17-22)20-8-6-9-21(30)16-20/h6,8-9,11-12,16-17,23,25-26H,5,7,10,13-15,18H2,1-4H3,(H,31,33)/t23-,25+,26-/m1/s1. The molecule has 4 rings (SSSR count). The highest BCUT2D eigenvalue weighted by molar-refractivity contribution is 5.83. The van der Waals surface area contributed by atoms with Crippen molar-refractivity contribution in [3.05, 3.63) is 65.0 Å². The van der Waals surface area contributed by atoms with E-state index in [1.165, 1.54) is 12.1 Å². The van der Waals surface area contributed by atoms with Gasteiger partial charge in [0.25, 0.3) is 5.91 Å². The molecule has 1 saturated heterocycles. The molecule has 2 aromatic carbocycles. The van der Waals surface area contributed by atoms with E-state index in [2.05, 4.69) is 5.32 Å². The molecule has 0 saturated carbocycles. The van der Waals surface area contributed by atoms with Crippen LogP contribution < -0.4 is 10.1 Å². The van der Waals surface area contributed by atoms with Gasteiger partial charge in [-0.1, -0.05) is 45.9 Å². The predicted molar refractivity (Wildman–Crippen MR) is 136 cm³/mol. The molecule has 36 heavy (non-hydrogen) atoms. The fraction of sp³-hybridized carbons (Fsp3) is 0.517. The molecule has 2 heterocycles. The van der Waals surface area contributed by atoms with Gasteiger partial charge in [0.2, 0.25) is 5.91 Å². The maximum atomic E-state index is 14.2. The minimum absolute atomic E-state index is 0.00803. The van der Waals surface area contributed by atoms with Crippen LogP contribution in [0.3, 0.4) is 0 Å². The molecule has 0 unspecified atom stereocenters. The van der Waals surface area contributed by atoms with Gasteiger partial charge in [-0.15, -0.1) is 0 Å². The molecule has 2 aliphatic heterocycles. The zero-order chi connectivity index (χ0) is 25.9. The summed E-state index contributed by atoms with van der Waals surface area (Å²) in [6.45, 7) is 9.37. The first kappa shape index (κ1) is 26.1. The third-order valence-electron chi connectivity index (χ3n) is 6.88. The number of nitrogens with one attached hydrogen (secondary N) is 1. The molecule has 2 amide bonds. The fourth-order valence-electron chi connectivity index (χ4n) is 4.97. The number of ether oxygens (including phenoxy) is 2. The minimum atomic E-state index is -0.645. The Kier molecular flexibility index (Phi) is 7.98. The van der Waals surface area contributed by atoms with E-state index in [1.54, 1.807) is 6.07 Å². The summed E-state index contributed by atoms with van der Waals surface area (Å²) < 4.78 is 26.0. The molecule has 7 heteroatoms. The van der Waals surface area contributed by atoms with Crippen LogP contribution >= 0.6 is 0 Å². The van der Waals surface area contributed by atoms with Gasteiger partial charge in [-0.25, -0.2) is 4.39 Å². The van der Waals surface area contributed by atoms with Crippen LogP contribution in [0, 0.1) is 11.2 Å². The van der Waals surface area contributed by atoms with Crippen molar-refractivity contribution in [1.29, 1.82) is 0 Å². The van der Waals surface area contributed by atoms with E-state index in [1.807, 2.05) is 56.9 Å². The molecule has 1 N–H and O–H groups in total. The highest BCUT2D eigenvalue weighted by atomic mass is 19.1. The maximum Gasteiger partial charge on any atom is 0.261 e. The van der Waals surface area contributed by atoms with E-state index >= 15 is 0 Å². The van der Waals surface area contributed by atoms with Gasteiger partial charge < -0.3 is 19.7 Å². The Bertz CT molecular complexity index is 1090. The zero-order valence-corrected chi connectivity index (χ0v) is 21.7. The van der Waals surface area contributed by atoms with Crippen LogP contribution in [-0.2, 0) is 20.7 Å². The summed E-state index contributed by atoms with van der Waals surface area (Å²) in [6, 6.07) is 11.8. The first-order valence-electron chi connectivity index (χ1n) is 12.9. The maximum absolute atomic E-state index is 14.2. The van der Waals surface area contributed by atoms with Crippen molar-refractivity contribution in [2.75, 3.05) is 19.7 Å². The van der Waals surface area contributed by atoms with Gasteiger partial charge >= 0.3 is 0 Å². The van der Waals surface area contributed by atoms with Gasteiger partial charge in [0, 0.05) is 25.1 Å². The fourth-order valence-corrected chi connectivity index (χ4v) is 4.97. The van der Waals surface area contributed by atoms with E-state index in [4.69, 9.17) is 9.47 Å². The molecule has 3 atom stereocenters. The lowest BCUT2D eigenvalue weighted by atomic mass is 9.85. The number of fused-ring (bicyclic) bond motifs is 1. The molecular formula is C29H37FN2O4. The Morgan fingerprint density at radius 1 is 1.22 bits per heavy atom. The number of amides is 2. The van der Waals surface area contributed by atoms with Crippen molar-refractivity contribution in [2.24, 2.45) is 5.41 Å². The highest BCUT2D eigenvalue weighted by Crippen LogP contribution is 2.39. The number of rotatable bonds is 7. The summed E-state index contributed by atoms with van der Waals surface area (Å²) in [6.07, 6.45) is 2.60. The minimum Gasteiger partial charge on any atom is -0.481 e. The van der Waals surface area contributed by atoms with Crippen molar-refractivity contribution in [2.45, 2.75) is 71.6 Å². The topological polar surface area (TPSA) is 67.9 Å². The second-order valence-corrected chi connectivity index (χ2v) is 10.7. The number of hydrogen-bond donors (Lipinski definition) is 1. The SMILES string of the molecule is CC[C@H](Oc1ccc2c(c1)[C@@H](c1cccc(F)c1)N(C(=O)C(C)(C)C)CC2)C(=O)NC[C@H]1CCCO1. The molecule has 0 aliphatic carbocycles. The summed E-state index contributed by atoms with van der Waals surface area (Å²) in [5.74, 6) is 0.0501. The van der Waals surface area contributed by atoms with E-state index in [9.17, 15) is 14.0 Å². The van der Waals surface area contributed by atoms with E-state index in [0.29, 0.717) is 37.2 Å². The largest absolute Gasteiger partial charge is 0.481 e. The lowest BCUT2D eigenvalue weighted by Crippen LogP contribution is -2.45. The molecule has 2 aliphatic rings. The number of nitrogens with zero attached hydrogens (tertiary/aromatic N) is 1. The first-order valence-corrected chi connectivity index (χ1v) is 12.9. The summed E-state index contributed by atoms with van der Waals surface area (Å²) in [4.78, 5) is 28.1. The number of carbonyl (C=O) groups excluding carboxylic acids is 2. The monoisotopic (exact) mass is 496 g/mol. The van der Waals surface area contributed by atoms with E-state index in [0.717, 1.165) is 30.6 Å². The van der Waals surface area contributed by atoms with Crippen molar-refractivity contribution < 1.29 is 23.5 Å². The molecule has 0 aromatic heterocycles. The second-order valence-electron chi connectivity index (χ2n) is 10.7. The van der Waals surface area contributed by atoms with Crippen LogP contribution in [0.25, 0.3) is 0 Å². The zero-order valence-electron chi connectivity index (χ0n) is 21.7. The molecule has 2 aromatic rings. The molecule has 1 fully saturated rings. The number of halogens is 1. The van der Waals surface area contributed by atoms with Crippen LogP contribution in [0.5, 0.6) is 5.75 Å². The van der Waals surface area contributed by atoms with E-state index in [-0.39, 0.29) is 23.7 Å². The van der Waals surface area contributed by atoms with Crippen LogP contribution in [0.2, 0.25) is 0 Å². The van der Waals surface area contributed by atoms with Crippen molar-refractivity contribution >= 4 is 11.8 Å². The Balaban J connectivity index is 1.61. The lowest BCUT2D eigenvalue weighted by Gasteiger charge is -2.41. The molecule has 0 spiro atoms. The van der Waals surface area contributed by atoms with Crippen molar-refractivity contribution in [3.8, 4) is 5.75 Å². The predicted octanol–water partition coefficient (Wildman–Crippen LogP) is 4.80. The Labute approximate surface area is 213 Å². The van der Waals surface area contributed by atoms with Gasteiger partial charge in [0.05, 0.1) is 12.1 Å². The van der Waals surface area contributed by atoms with Crippen LogP contribution in [0.15, 0.2) is 42.5 Å². The van der Waals surface area contributed by atoms with Crippen LogP contribution in [-0.4, -0.2) is 48.6 Å². The molecule has 0 bridgehead atoms. The highest BCUT2D eigenvalue weighted by Gasteiger charge is 2.37. The third kappa shape index (κ3) is 5.89. The summed E-state index contributed by atoms with van der Waals surface area (Å²) >= 11 is 0. The van der Waals surface area contributed by atoms with Gasteiger partial charge in [0.15, 0.2) is 6.10 Å². The van der Waals surface area contributed by atoms with Gasteiger partial charge in [-0.3, -0.25) is 9.59 Å². The summed E-state index contributed by atoms with van der Waals surface area (Å²) in [7, 11) is 0. The summed E-state index contributed by atoms with van der Waals surface area (Å²) in [5, 5.41) is 2.95. The average Bonchev–Trinajstić information content (AvgIpc) is 3.37. The first-order chi connectivity index (χ1) is 17.2. The van der Waals surface area contributed by atoms with Crippen molar-refractivity contribution in [3.63, 3.8) is 0 Å². The third-order valence-corrected chi connectivity index (χ3v) is 6.88. The van der Waals surface area contributed by atoms with Gasteiger partial charge in [-0.2, -0.15) is 0 Å². The van der Waals surface area contributed by atoms with Gasteiger partial charge in [-0.05, 0) is 66.6 Å². The number of benzene rings is 2. The van der Waals surface area contributed by atoms with E-state index < -0.39 is 17.6 Å². The quantitative estimate of drug-likeness (QED) is 0.598. The molecule has 0 radical (unpaired) electrons. The Morgan fingerprint density at radius 2 is 2.03 bits per heavy atom. The lowest BCUT2D eigenvalue weighted by molar-refractivity contribution is -0.141. The molecule has 6 nitrogen and oxygen atoms in total. The smallest absolute Gasteiger partial charge is 0.261 e. The average molecular weight is 497 g/mol. The van der Waals surface area contributed by atoms with Gasteiger partial charge in [0.1, 0.15) is 11.6 Å². The summed E-state index contributed by atoms with van der Waals surface area (Å²) in [5.41, 5.74) is 2.13. The van der Waals surface area contributed by atoms with Crippen LogP contribution in [0.4, 0.5) is 4.39 Å². The van der Waals surface area contributed by atoms with Crippen LogP contribution in [0.1, 0.15) is 69.7 Å².